The van der Waals surface area contributed by atoms with E-state index in [0.717, 1.165) is 58.4 Å². The molecule has 0 amide bonds. The largest absolute Gasteiger partial charge is 0.497 e. The Hall–Kier alpha value is -4.42. The molecule has 1 saturated heterocycles. The lowest BCUT2D eigenvalue weighted by Gasteiger charge is -2.42. The maximum Gasteiger partial charge on any atom is 0.259 e. The van der Waals surface area contributed by atoms with E-state index in [4.69, 9.17) is 42.1 Å². The van der Waals surface area contributed by atoms with Gasteiger partial charge < -0.3 is 41.7 Å². The van der Waals surface area contributed by atoms with Gasteiger partial charge in [0.05, 0.1) is 51.9 Å². The van der Waals surface area contributed by atoms with Crippen LogP contribution in [0.25, 0.3) is 11.0 Å². The van der Waals surface area contributed by atoms with E-state index >= 15 is 0 Å². The summed E-state index contributed by atoms with van der Waals surface area (Å²) in [6.45, 7) is 20.7. The van der Waals surface area contributed by atoms with Crippen LogP contribution in [0, 0.1) is 11.3 Å². The normalized spacial score (nSPS) is 19.7. The first-order valence-electron chi connectivity index (χ1n) is 23.2. The van der Waals surface area contributed by atoms with Crippen molar-refractivity contribution in [2.24, 2.45) is 0 Å². The summed E-state index contributed by atoms with van der Waals surface area (Å²) >= 11 is 0. The monoisotopic (exact) mass is 937 g/mol. The first-order chi connectivity index (χ1) is 31.6. The van der Waals surface area contributed by atoms with Gasteiger partial charge in [-0.05, 0) is 112 Å². The molecule has 1 unspecified atom stereocenters. The van der Waals surface area contributed by atoms with Crippen LogP contribution < -0.4 is 14.2 Å². The first-order valence-corrected chi connectivity index (χ1v) is 27.2. The van der Waals surface area contributed by atoms with Crippen LogP contribution >= 0.6 is 8.53 Å². The summed E-state index contributed by atoms with van der Waals surface area (Å²) in [6.07, 6.45) is 3.90. The third-order valence-corrected chi connectivity index (χ3v) is 19.6. The van der Waals surface area contributed by atoms with Crippen LogP contribution in [0.1, 0.15) is 96.2 Å². The highest BCUT2D eigenvalue weighted by Gasteiger charge is 2.54. The fourth-order valence-corrected chi connectivity index (χ4v) is 11.8. The molecule has 2 aliphatic rings. The van der Waals surface area contributed by atoms with E-state index in [-0.39, 0.29) is 36.8 Å². The lowest BCUT2D eigenvalue weighted by atomic mass is 9.80. The van der Waals surface area contributed by atoms with Crippen molar-refractivity contribution in [3.8, 4) is 23.4 Å². The summed E-state index contributed by atoms with van der Waals surface area (Å²) in [6, 6.07) is 28.7. The van der Waals surface area contributed by atoms with Gasteiger partial charge in [0.2, 0.25) is 5.88 Å². The van der Waals surface area contributed by atoms with Crippen molar-refractivity contribution in [1.29, 1.82) is 5.26 Å². The minimum Gasteiger partial charge on any atom is -0.497 e. The number of benzene rings is 3. The second kappa shape index (κ2) is 21.3. The van der Waals surface area contributed by atoms with Crippen LogP contribution in [0.5, 0.6) is 17.4 Å². The number of nitriles is 1. The van der Waals surface area contributed by atoms with Gasteiger partial charge in [-0.1, -0.05) is 75.4 Å². The zero-order chi connectivity index (χ0) is 47.2. The van der Waals surface area contributed by atoms with Crippen LogP contribution in [0.3, 0.4) is 0 Å². The lowest BCUT2D eigenvalue weighted by Crippen LogP contribution is -2.50. The van der Waals surface area contributed by atoms with Gasteiger partial charge >= 0.3 is 0 Å². The van der Waals surface area contributed by atoms with Gasteiger partial charge in [0, 0.05) is 18.3 Å². The summed E-state index contributed by atoms with van der Waals surface area (Å²) < 4.78 is 58.7. The van der Waals surface area contributed by atoms with E-state index in [1.807, 2.05) is 42.5 Å². The molecule has 2 aromatic heterocycles. The quantitative estimate of drug-likeness (QED) is 0.0338. The number of hydrogen-bond donors (Lipinski definition) is 0. The summed E-state index contributed by atoms with van der Waals surface area (Å²) in [5, 5.41) is 10.4. The van der Waals surface area contributed by atoms with Crippen LogP contribution in [0.4, 0.5) is 0 Å². The Balaban J connectivity index is 1.43. The molecule has 0 spiro atoms. The molecule has 4 heterocycles. The van der Waals surface area contributed by atoms with Crippen molar-refractivity contribution in [2.75, 3.05) is 34.0 Å². The van der Waals surface area contributed by atoms with Crippen LogP contribution in [-0.2, 0) is 35.0 Å². The Morgan fingerprint density at radius 1 is 0.864 bits per heavy atom. The van der Waals surface area contributed by atoms with Crippen molar-refractivity contribution in [2.45, 2.75) is 135 Å². The maximum absolute atomic E-state index is 9.66. The number of aryl methyl sites for hydroxylation is 1. The second-order valence-electron chi connectivity index (χ2n) is 19.1. The number of hydrogen-bond acceptors (Lipinski definition) is 12. The van der Waals surface area contributed by atoms with E-state index < -0.39 is 47.0 Å². The molecule has 354 valence electrons. The number of rotatable bonds is 19. The van der Waals surface area contributed by atoms with Crippen LogP contribution in [-0.4, -0.2) is 92.0 Å². The molecule has 0 saturated carbocycles. The Labute approximate surface area is 393 Å². The average Bonchev–Trinajstić information content (AvgIpc) is 3.82. The van der Waals surface area contributed by atoms with Gasteiger partial charge in [-0.2, -0.15) is 5.26 Å². The topological polar surface area (TPSA) is 132 Å². The van der Waals surface area contributed by atoms with Crippen LogP contribution in [0.2, 0.25) is 18.1 Å². The Morgan fingerprint density at radius 3 is 2.06 bits per heavy atom. The predicted molar refractivity (Wildman–Crippen MR) is 260 cm³/mol. The van der Waals surface area contributed by atoms with Gasteiger partial charge in [0.15, 0.2) is 14.5 Å². The molecular weight excluding hydrogens is 870 g/mol. The highest BCUT2D eigenvalue weighted by Crippen LogP contribution is 2.53. The Morgan fingerprint density at radius 2 is 1.48 bits per heavy atom. The fourth-order valence-electron chi connectivity index (χ4n) is 8.73. The molecule has 66 heavy (non-hydrogen) atoms. The molecule has 0 aliphatic carbocycles. The molecule has 7 rings (SSSR count). The first kappa shape index (κ1) is 49.5. The van der Waals surface area contributed by atoms with Gasteiger partial charge in [-0.25, -0.2) is 14.6 Å². The lowest BCUT2D eigenvalue weighted by molar-refractivity contribution is -0.0925. The molecule has 2 aliphatic heterocycles. The summed E-state index contributed by atoms with van der Waals surface area (Å²) in [4.78, 5) is 9.50. The fraction of sp³-hybridized carbons (Fsp3) is 0.510. The third kappa shape index (κ3) is 10.3. The van der Waals surface area contributed by atoms with Crippen molar-refractivity contribution < 1.29 is 37.2 Å². The van der Waals surface area contributed by atoms with E-state index in [2.05, 4.69) is 124 Å². The number of ether oxygens (including phenoxy) is 5. The predicted octanol–water partition coefficient (Wildman–Crippen LogP) is 11.1. The minimum absolute atomic E-state index is 0.0576. The van der Waals surface area contributed by atoms with Crippen molar-refractivity contribution in [1.82, 2.24) is 19.2 Å². The van der Waals surface area contributed by atoms with E-state index in [1.165, 1.54) is 0 Å². The third-order valence-electron chi connectivity index (χ3n) is 13.0. The SMILES string of the molecule is COc1ccc(C(OC[C@H]2O[C@@H](n3cc4c5c(ncnc53)OCCCC4)[C@H](O[Si](C)(C)C(C)(C)C)[C@@H]2OP(OCCC#N)N(C(C)C)C(C)C)(c2ccccc2)c2ccc(OC)cc2)cc1. The average molecular weight is 938 g/mol. The van der Waals surface area contributed by atoms with Gasteiger partial charge in [0.25, 0.3) is 8.53 Å². The van der Waals surface area contributed by atoms with Crippen molar-refractivity contribution >= 4 is 27.9 Å². The molecular formula is C51H68N5O8PSi. The van der Waals surface area contributed by atoms with E-state index in [0.29, 0.717) is 18.1 Å². The number of nitrogens with zero attached hydrogens (tertiary/aromatic N) is 5. The molecule has 5 atom stereocenters. The standard InChI is InChI=1S/C51H68N5O8PSi/c1-35(2)56(36(3)4)65(61-31-17-29-52)63-45-43(33-60-51(38-19-13-12-14-20-38,39-21-25-41(57-8)26-22-39)40-23-27-42(58-9)28-24-40)62-49(46(45)64-66(10,11)50(5,6)7)55-32-37-18-15-16-30-59-48-44(37)47(55)53-34-54-48/h12-14,19-28,32,34-36,43,45-46,49H,15-18,30-31,33H2,1-11H3/t43-,45-,46-,49-,65?/m1/s1. The van der Waals surface area contributed by atoms with Gasteiger partial charge in [-0.3, -0.25) is 0 Å². The van der Waals surface area contributed by atoms with Crippen LogP contribution in [0.15, 0.2) is 91.4 Å². The minimum atomic E-state index is -2.57. The maximum atomic E-state index is 9.66. The van der Waals surface area contributed by atoms with E-state index in [1.54, 1.807) is 20.5 Å². The van der Waals surface area contributed by atoms with E-state index in [9.17, 15) is 5.26 Å². The highest BCUT2D eigenvalue weighted by molar-refractivity contribution is 7.44. The van der Waals surface area contributed by atoms with Gasteiger partial charge in [0.1, 0.15) is 47.4 Å². The summed E-state index contributed by atoms with van der Waals surface area (Å²) in [7, 11) is -0.997. The van der Waals surface area contributed by atoms with Crippen molar-refractivity contribution in [3.05, 3.63) is 114 Å². The highest BCUT2D eigenvalue weighted by atomic mass is 31.2. The number of aromatic nitrogens is 3. The zero-order valence-corrected chi connectivity index (χ0v) is 42.4. The Kier molecular flexibility index (Phi) is 15.9. The number of methoxy groups -OCH3 is 2. The molecule has 0 radical (unpaired) electrons. The summed E-state index contributed by atoms with van der Waals surface area (Å²) in [5.74, 6) is 2.03. The Bertz CT molecular complexity index is 2330. The summed E-state index contributed by atoms with van der Waals surface area (Å²) in [5.41, 5.74) is 3.38. The second-order valence-corrected chi connectivity index (χ2v) is 25.2. The molecule has 15 heteroatoms. The zero-order valence-electron chi connectivity index (χ0n) is 40.5. The molecule has 0 bridgehead atoms. The smallest absolute Gasteiger partial charge is 0.259 e. The molecule has 5 aromatic rings. The molecule has 3 aromatic carbocycles. The van der Waals surface area contributed by atoms with Crippen molar-refractivity contribution in [3.63, 3.8) is 0 Å². The molecule has 1 fully saturated rings. The molecule has 13 nitrogen and oxygen atoms in total. The molecule has 0 N–H and O–H groups in total. The van der Waals surface area contributed by atoms with Gasteiger partial charge in [-0.15, -0.1) is 0 Å².